The van der Waals surface area contributed by atoms with Crippen LogP contribution >= 0.6 is 11.6 Å². The van der Waals surface area contributed by atoms with Crippen molar-refractivity contribution in [2.24, 2.45) is 0 Å². The Morgan fingerprint density at radius 3 is 2.50 bits per heavy atom. The van der Waals surface area contributed by atoms with E-state index in [0.717, 1.165) is 16.1 Å². The molecule has 5 heteroatoms. The summed E-state index contributed by atoms with van der Waals surface area (Å²) in [7, 11) is 0. The van der Waals surface area contributed by atoms with Crippen LogP contribution in [0.5, 0.6) is 0 Å². The molecule has 2 rings (SSSR count). The molecule has 0 saturated carbocycles. The maximum absolute atomic E-state index is 6.24. The lowest BCUT2D eigenvalue weighted by Crippen LogP contribution is -2.11. The largest absolute Gasteiger partial charge is 0.204 e. The van der Waals surface area contributed by atoms with E-state index in [9.17, 15) is 0 Å². The summed E-state index contributed by atoms with van der Waals surface area (Å²) in [5.41, 5.74) is 2.01. The van der Waals surface area contributed by atoms with Crippen LogP contribution in [0.1, 0.15) is 26.3 Å². The molecule has 0 aliphatic rings. The van der Waals surface area contributed by atoms with Gasteiger partial charge in [-0.05, 0) is 22.3 Å². The number of nitrogens with zero attached hydrogens (tertiary/aromatic N) is 3. The molecule has 16 heavy (non-hydrogen) atoms. The summed E-state index contributed by atoms with van der Waals surface area (Å²) in [5, 5.41) is 14.5. The van der Waals surface area contributed by atoms with E-state index in [1.54, 1.807) is 0 Å². The van der Waals surface area contributed by atoms with Gasteiger partial charge in [0.25, 0.3) is 0 Å². The minimum absolute atomic E-state index is 0.0346. The molecule has 0 radical (unpaired) electrons. The number of benzene rings is 1. The van der Waals surface area contributed by atoms with Crippen LogP contribution in [0.15, 0.2) is 18.2 Å². The third-order valence-corrected chi connectivity index (χ3v) is 2.69. The molecule has 0 amide bonds. The smallest absolute Gasteiger partial charge is 0.177 e. The van der Waals surface area contributed by atoms with Crippen molar-refractivity contribution in [1.29, 1.82) is 0 Å². The number of rotatable bonds is 1. The highest BCUT2D eigenvalue weighted by Gasteiger charge is 2.18. The Kier molecular flexibility index (Phi) is 2.68. The number of nitrogens with one attached hydrogen (secondary N) is 1. The molecule has 0 unspecified atom stereocenters. The zero-order valence-corrected chi connectivity index (χ0v) is 10.2. The van der Waals surface area contributed by atoms with Crippen molar-refractivity contribution in [2.75, 3.05) is 0 Å². The fraction of sp³-hybridized carbons (Fsp3) is 0.364. The number of aromatic nitrogens is 4. The molecule has 0 atom stereocenters. The van der Waals surface area contributed by atoms with Gasteiger partial charge in [0.05, 0.1) is 0 Å². The van der Waals surface area contributed by atoms with Gasteiger partial charge in [0.2, 0.25) is 5.82 Å². The van der Waals surface area contributed by atoms with E-state index >= 15 is 0 Å². The van der Waals surface area contributed by atoms with Crippen molar-refractivity contribution in [3.63, 3.8) is 0 Å². The topological polar surface area (TPSA) is 54.5 Å². The first kappa shape index (κ1) is 11.1. The van der Waals surface area contributed by atoms with Gasteiger partial charge in [-0.2, -0.15) is 5.21 Å². The Bertz CT molecular complexity index is 485. The van der Waals surface area contributed by atoms with E-state index in [4.69, 9.17) is 11.6 Å². The second-order valence-electron chi connectivity index (χ2n) is 4.68. The van der Waals surface area contributed by atoms with Crippen LogP contribution < -0.4 is 0 Å². The highest BCUT2D eigenvalue weighted by Crippen LogP contribution is 2.31. The predicted molar refractivity (Wildman–Crippen MR) is 63.3 cm³/mol. The first-order chi connectivity index (χ1) is 7.48. The standard InChI is InChI=1S/C11H13ClN4/c1-11(2,3)8-5-4-7(6-9(8)12)10-13-15-16-14-10/h4-6H,1-3H3,(H,13,14,15,16). The van der Waals surface area contributed by atoms with Crippen LogP contribution in [0.2, 0.25) is 5.02 Å². The molecule has 0 aliphatic heterocycles. The maximum Gasteiger partial charge on any atom is 0.204 e. The van der Waals surface area contributed by atoms with Crippen molar-refractivity contribution in [1.82, 2.24) is 20.6 Å². The first-order valence-corrected chi connectivity index (χ1v) is 5.40. The van der Waals surface area contributed by atoms with Gasteiger partial charge in [-0.3, -0.25) is 0 Å². The van der Waals surface area contributed by atoms with E-state index in [1.807, 2.05) is 18.2 Å². The number of aromatic amines is 1. The van der Waals surface area contributed by atoms with Gasteiger partial charge in [0.1, 0.15) is 0 Å². The molecule has 2 aromatic rings. The second kappa shape index (κ2) is 3.87. The summed E-state index contributed by atoms with van der Waals surface area (Å²) >= 11 is 6.24. The van der Waals surface area contributed by atoms with Crippen molar-refractivity contribution in [3.8, 4) is 11.4 Å². The van der Waals surface area contributed by atoms with Crippen molar-refractivity contribution < 1.29 is 0 Å². The van der Waals surface area contributed by atoms with Crippen LogP contribution in [0.4, 0.5) is 0 Å². The molecule has 1 N–H and O–H groups in total. The minimum Gasteiger partial charge on any atom is -0.177 e. The molecule has 1 aromatic carbocycles. The van der Waals surface area contributed by atoms with Gasteiger partial charge < -0.3 is 0 Å². The zero-order valence-electron chi connectivity index (χ0n) is 9.45. The van der Waals surface area contributed by atoms with Crippen LogP contribution in [-0.2, 0) is 5.41 Å². The number of hydrogen-bond donors (Lipinski definition) is 1. The Morgan fingerprint density at radius 2 is 2.00 bits per heavy atom. The summed E-state index contributed by atoms with van der Waals surface area (Å²) in [6, 6.07) is 5.83. The lowest BCUT2D eigenvalue weighted by Gasteiger charge is -2.20. The summed E-state index contributed by atoms with van der Waals surface area (Å²) in [5.74, 6) is 0.558. The van der Waals surface area contributed by atoms with E-state index in [-0.39, 0.29) is 5.41 Å². The lowest BCUT2D eigenvalue weighted by molar-refractivity contribution is 0.590. The molecule has 0 aliphatic carbocycles. The number of H-pyrrole nitrogens is 1. The van der Waals surface area contributed by atoms with Gasteiger partial charge in [-0.1, -0.05) is 44.5 Å². The molecule has 1 aromatic heterocycles. The number of halogens is 1. The van der Waals surface area contributed by atoms with Crippen LogP contribution in [0.25, 0.3) is 11.4 Å². The SMILES string of the molecule is CC(C)(C)c1ccc(-c2nn[nH]n2)cc1Cl. The normalized spacial score (nSPS) is 11.8. The first-order valence-electron chi connectivity index (χ1n) is 5.02. The Morgan fingerprint density at radius 1 is 1.25 bits per heavy atom. The van der Waals surface area contributed by atoms with Crippen LogP contribution in [-0.4, -0.2) is 20.6 Å². The Balaban J connectivity index is 2.45. The third kappa shape index (κ3) is 2.07. The third-order valence-electron chi connectivity index (χ3n) is 2.38. The van der Waals surface area contributed by atoms with Crippen molar-refractivity contribution >= 4 is 11.6 Å². The fourth-order valence-electron chi connectivity index (χ4n) is 1.55. The van der Waals surface area contributed by atoms with Gasteiger partial charge in [-0.15, -0.1) is 10.2 Å². The molecule has 0 fully saturated rings. The lowest BCUT2D eigenvalue weighted by atomic mass is 9.86. The molecule has 1 heterocycles. The van der Waals surface area contributed by atoms with E-state index < -0.39 is 0 Å². The Hall–Kier alpha value is -1.42. The van der Waals surface area contributed by atoms with Crippen molar-refractivity contribution in [2.45, 2.75) is 26.2 Å². The second-order valence-corrected chi connectivity index (χ2v) is 5.09. The highest BCUT2D eigenvalue weighted by molar-refractivity contribution is 6.31. The molecule has 84 valence electrons. The van der Waals surface area contributed by atoms with Crippen LogP contribution in [0, 0.1) is 0 Å². The van der Waals surface area contributed by atoms with Gasteiger partial charge in [0, 0.05) is 10.6 Å². The van der Waals surface area contributed by atoms with Gasteiger partial charge >= 0.3 is 0 Å². The Labute approximate surface area is 99.0 Å². The number of hydrogen-bond acceptors (Lipinski definition) is 3. The monoisotopic (exact) mass is 236 g/mol. The summed E-state index contributed by atoms with van der Waals surface area (Å²) in [6.45, 7) is 6.38. The quantitative estimate of drug-likeness (QED) is 0.828. The number of tetrazole rings is 1. The molecule has 0 spiro atoms. The molecular weight excluding hydrogens is 224 g/mol. The average molecular weight is 237 g/mol. The van der Waals surface area contributed by atoms with Gasteiger partial charge in [-0.25, -0.2) is 0 Å². The summed E-state index contributed by atoms with van der Waals surface area (Å²) in [6.07, 6.45) is 0. The highest BCUT2D eigenvalue weighted by atomic mass is 35.5. The molecule has 4 nitrogen and oxygen atoms in total. The van der Waals surface area contributed by atoms with Crippen LogP contribution in [0.3, 0.4) is 0 Å². The zero-order chi connectivity index (χ0) is 11.8. The van der Waals surface area contributed by atoms with E-state index in [1.165, 1.54) is 0 Å². The fourth-order valence-corrected chi connectivity index (χ4v) is 2.01. The average Bonchev–Trinajstić information content (AvgIpc) is 2.68. The molecular formula is C11H13ClN4. The van der Waals surface area contributed by atoms with E-state index in [2.05, 4.69) is 41.4 Å². The maximum atomic E-state index is 6.24. The van der Waals surface area contributed by atoms with E-state index in [0.29, 0.717) is 5.82 Å². The predicted octanol–water partition coefficient (Wildman–Crippen LogP) is 2.82. The summed E-state index contributed by atoms with van der Waals surface area (Å²) in [4.78, 5) is 0. The molecule has 0 saturated heterocycles. The molecule has 0 bridgehead atoms. The minimum atomic E-state index is 0.0346. The summed E-state index contributed by atoms with van der Waals surface area (Å²) < 4.78 is 0. The van der Waals surface area contributed by atoms with Gasteiger partial charge in [0.15, 0.2) is 0 Å². The van der Waals surface area contributed by atoms with Crippen molar-refractivity contribution in [3.05, 3.63) is 28.8 Å².